The van der Waals surface area contributed by atoms with Crippen LogP contribution in [-0.4, -0.2) is 38.3 Å². The van der Waals surface area contributed by atoms with Crippen molar-refractivity contribution < 1.29 is 4.74 Å². The molecule has 1 rings (SSSR count). The summed E-state index contributed by atoms with van der Waals surface area (Å²) in [5, 5.41) is 0. The van der Waals surface area contributed by atoms with Crippen LogP contribution in [-0.2, 0) is 11.3 Å². The van der Waals surface area contributed by atoms with Crippen molar-refractivity contribution in [2.75, 3.05) is 33.4 Å². The van der Waals surface area contributed by atoms with Gasteiger partial charge in [0.15, 0.2) is 0 Å². The first-order valence-corrected chi connectivity index (χ1v) is 6.82. The molecule has 19 heavy (non-hydrogen) atoms. The van der Waals surface area contributed by atoms with Crippen molar-refractivity contribution in [1.29, 1.82) is 0 Å². The molecule has 0 aromatic heterocycles. The van der Waals surface area contributed by atoms with Crippen LogP contribution in [0, 0.1) is 0 Å². The van der Waals surface area contributed by atoms with Crippen LogP contribution >= 0.6 is 0 Å². The van der Waals surface area contributed by atoms with Crippen LogP contribution in [0.25, 0.3) is 0 Å². The van der Waals surface area contributed by atoms with Crippen LogP contribution < -0.4 is 5.73 Å². The number of nitrogens with two attached hydrogens (primary N) is 1. The Kier molecular flexibility index (Phi) is 7.41. The quantitative estimate of drug-likeness (QED) is 0.694. The topological polar surface area (TPSA) is 38.5 Å². The molecule has 1 aromatic rings. The Morgan fingerprint density at radius 3 is 2.58 bits per heavy atom. The van der Waals surface area contributed by atoms with Crippen molar-refractivity contribution >= 4 is 0 Å². The van der Waals surface area contributed by atoms with Crippen LogP contribution in [0.15, 0.2) is 36.9 Å². The van der Waals surface area contributed by atoms with E-state index in [1.165, 1.54) is 11.1 Å². The van der Waals surface area contributed by atoms with Gasteiger partial charge in [-0.05, 0) is 23.6 Å². The molecule has 0 saturated carbocycles. The first kappa shape index (κ1) is 15.9. The summed E-state index contributed by atoms with van der Waals surface area (Å²) in [4.78, 5) is 2.32. The fraction of sp³-hybridized carbons (Fsp3) is 0.500. The van der Waals surface area contributed by atoms with E-state index in [-0.39, 0.29) is 0 Å². The number of rotatable bonds is 9. The minimum absolute atomic E-state index is 0.423. The normalized spacial score (nSPS) is 12.6. The number of ether oxygens (including phenoxy) is 1. The molecule has 0 bridgehead atoms. The Hall–Kier alpha value is -1.16. The average molecular weight is 262 g/mol. The van der Waals surface area contributed by atoms with Gasteiger partial charge in [0.2, 0.25) is 0 Å². The van der Waals surface area contributed by atoms with Crippen molar-refractivity contribution in [3.63, 3.8) is 0 Å². The first-order chi connectivity index (χ1) is 9.21. The predicted octanol–water partition coefficient (Wildman–Crippen LogP) is 2.38. The Balaban J connectivity index is 2.60. The van der Waals surface area contributed by atoms with Crippen LogP contribution in [0.4, 0.5) is 0 Å². The van der Waals surface area contributed by atoms with E-state index in [1.54, 1.807) is 7.11 Å². The van der Waals surface area contributed by atoms with Gasteiger partial charge in [0.25, 0.3) is 0 Å². The molecule has 0 spiro atoms. The fourth-order valence-corrected chi connectivity index (χ4v) is 1.98. The maximum Gasteiger partial charge on any atom is 0.0589 e. The van der Waals surface area contributed by atoms with E-state index < -0.39 is 0 Å². The van der Waals surface area contributed by atoms with Gasteiger partial charge in [0.1, 0.15) is 0 Å². The maximum atomic E-state index is 5.68. The summed E-state index contributed by atoms with van der Waals surface area (Å²) >= 11 is 0. The summed E-state index contributed by atoms with van der Waals surface area (Å²) in [6, 6.07) is 8.72. The third-order valence-corrected chi connectivity index (χ3v) is 3.31. The van der Waals surface area contributed by atoms with Gasteiger partial charge in [-0.25, -0.2) is 0 Å². The molecule has 0 aliphatic carbocycles. The molecule has 0 saturated heterocycles. The van der Waals surface area contributed by atoms with Gasteiger partial charge >= 0.3 is 0 Å². The third-order valence-electron chi connectivity index (χ3n) is 3.31. The smallest absolute Gasteiger partial charge is 0.0589 e. The summed E-state index contributed by atoms with van der Waals surface area (Å²) in [6.07, 6.45) is 1.93. The zero-order valence-electron chi connectivity index (χ0n) is 12.1. The van der Waals surface area contributed by atoms with E-state index in [1.807, 2.05) is 6.08 Å². The standard InChI is InChI=1S/C16H26N2O/c1-4-9-18(10-11-19-3)13-15-5-7-16(8-6-15)14(2)12-17/h4-8,14H,1,9-13,17H2,2-3H3. The zero-order valence-corrected chi connectivity index (χ0v) is 12.1. The van der Waals surface area contributed by atoms with Gasteiger partial charge in [-0.3, -0.25) is 4.90 Å². The largest absolute Gasteiger partial charge is 0.383 e. The molecule has 0 aliphatic rings. The second-order valence-electron chi connectivity index (χ2n) is 4.89. The Labute approximate surface area is 117 Å². The molecular formula is C16H26N2O. The van der Waals surface area contributed by atoms with E-state index in [4.69, 9.17) is 10.5 Å². The number of benzene rings is 1. The molecule has 106 valence electrons. The third kappa shape index (κ3) is 5.55. The van der Waals surface area contributed by atoms with Crippen molar-refractivity contribution in [2.24, 2.45) is 5.73 Å². The van der Waals surface area contributed by atoms with E-state index in [0.717, 1.165) is 26.2 Å². The average Bonchev–Trinajstić information content (AvgIpc) is 2.45. The highest BCUT2D eigenvalue weighted by atomic mass is 16.5. The van der Waals surface area contributed by atoms with Crippen LogP contribution in [0.2, 0.25) is 0 Å². The van der Waals surface area contributed by atoms with Gasteiger partial charge in [-0.2, -0.15) is 0 Å². The highest BCUT2D eigenvalue weighted by Crippen LogP contribution is 2.15. The van der Waals surface area contributed by atoms with Crippen LogP contribution in [0.3, 0.4) is 0 Å². The maximum absolute atomic E-state index is 5.68. The van der Waals surface area contributed by atoms with E-state index in [9.17, 15) is 0 Å². The Bertz CT molecular complexity index is 362. The Morgan fingerprint density at radius 1 is 1.37 bits per heavy atom. The van der Waals surface area contributed by atoms with Crippen molar-refractivity contribution in [3.8, 4) is 0 Å². The molecule has 1 unspecified atom stereocenters. The zero-order chi connectivity index (χ0) is 14.1. The minimum Gasteiger partial charge on any atom is -0.383 e. The molecule has 2 N–H and O–H groups in total. The molecule has 0 radical (unpaired) electrons. The van der Waals surface area contributed by atoms with Gasteiger partial charge < -0.3 is 10.5 Å². The molecule has 0 fully saturated rings. The molecule has 0 aliphatic heterocycles. The highest BCUT2D eigenvalue weighted by molar-refractivity contribution is 5.25. The lowest BCUT2D eigenvalue weighted by Gasteiger charge is -2.20. The van der Waals surface area contributed by atoms with E-state index >= 15 is 0 Å². The molecule has 3 heteroatoms. The van der Waals surface area contributed by atoms with Gasteiger partial charge in [0.05, 0.1) is 6.61 Å². The van der Waals surface area contributed by atoms with Crippen molar-refractivity contribution in [3.05, 3.63) is 48.0 Å². The summed E-state index contributed by atoms with van der Waals surface area (Å²) in [7, 11) is 1.73. The van der Waals surface area contributed by atoms with Crippen LogP contribution in [0.5, 0.6) is 0 Å². The number of hydrogen-bond acceptors (Lipinski definition) is 3. The molecule has 3 nitrogen and oxygen atoms in total. The lowest BCUT2D eigenvalue weighted by molar-refractivity contribution is 0.151. The molecule has 1 atom stereocenters. The molecule has 1 aromatic carbocycles. The Morgan fingerprint density at radius 2 is 2.05 bits per heavy atom. The fourth-order valence-electron chi connectivity index (χ4n) is 1.98. The second-order valence-corrected chi connectivity index (χ2v) is 4.89. The van der Waals surface area contributed by atoms with Gasteiger partial charge in [-0.15, -0.1) is 6.58 Å². The first-order valence-electron chi connectivity index (χ1n) is 6.82. The summed E-state index contributed by atoms with van der Waals surface area (Å²) in [5.41, 5.74) is 8.30. The highest BCUT2D eigenvalue weighted by Gasteiger charge is 2.06. The molecular weight excluding hydrogens is 236 g/mol. The minimum atomic E-state index is 0.423. The lowest BCUT2D eigenvalue weighted by atomic mass is 10.00. The second kappa shape index (κ2) is 8.86. The number of nitrogens with zero attached hydrogens (tertiary/aromatic N) is 1. The lowest BCUT2D eigenvalue weighted by Crippen LogP contribution is -2.27. The van der Waals surface area contributed by atoms with E-state index in [0.29, 0.717) is 12.5 Å². The monoisotopic (exact) mass is 262 g/mol. The summed E-state index contributed by atoms with van der Waals surface area (Å²) in [6.45, 7) is 10.1. The van der Waals surface area contributed by atoms with Crippen molar-refractivity contribution in [2.45, 2.75) is 19.4 Å². The van der Waals surface area contributed by atoms with Gasteiger partial charge in [0, 0.05) is 26.7 Å². The number of hydrogen-bond donors (Lipinski definition) is 1. The SMILES string of the molecule is C=CCN(CCOC)Cc1ccc(C(C)CN)cc1. The van der Waals surface area contributed by atoms with Crippen LogP contribution in [0.1, 0.15) is 24.0 Å². The predicted molar refractivity (Wildman–Crippen MR) is 81.3 cm³/mol. The molecule has 0 amide bonds. The van der Waals surface area contributed by atoms with Gasteiger partial charge in [-0.1, -0.05) is 37.3 Å². The molecule has 0 heterocycles. The van der Waals surface area contributed by atoms with E-state index in [2.05, 4.69) is 42.7 Å². The number of methoxy groups -OCH3 is 1. The summed E-state index contributed by atoms with van der Waals surface area (Å²) < 4.78 is 5.13. The summed E-state index contributed by atoms with van der Waals surface area (Å²) in [5.74, 6) is 0.423. The van der Waals surface area contributed by atoms with Crippen molar-refractivity contribution in [1.82, 2.24) is 4.90 Å².